The van der Waals surface area contributed by atoms with Crippen molar-refractivity contribution >= 4 is 0 Å². The van der Waals surface area contributed by atoms with Crippen LogP contribution in [0, 0.1) is 0 Å². The van der Waals surface area contributed by atoms with Gasteiger partial charge in [-0.2, -0.15) is 0 Å². The molecule has 1 atom stereocenters. The zero-order valence-corrected chi connectivity index (χ0v) is 6.68. The van der Waals surface area contributed by atoms with E-state index in [-0.39, 0.29) is 6.04 Å². The maximum absolute atomic E-state index is 5.70. The van der Waals surface area contributed by atoms with Crippen molar-refractivity contribution in [2.24, 2.45) is 5.73 Å². The summed E-state index contributed by atoms with van der Waals surface area (Å²) in [5.74, 6) is 0. The molecule has 0 aliphatic heterocycles. The van der Waals surface area contributed by atoms with Crippen LogP contribution < -0.4 is 5.73 Å². The molecule has 0 saturated carbocycles. The molecule has 0 spiro atoms. The number of hydrogen-bond acceptors (Lipinski definition) is 2. The van der Waals surface area contributed by atoms with Crippen molar-refractivity contribution in [3.05, 3.63) is 12.7 Å². The van der Waals surface area contributed by atoms with E-state index in [1.54, 1.807) is 7.11 Å². The molecule has 0 aromatic rings. The van der Waals surface area contributed by atoms with Gasteiger partial charge in [0, 0.05) is 19.8 Å². The second kappa shape index (κ2) is 6.78. The quantitative estimate of drug-likeness (QED) is 0.449. The van der Waals surface area contributed by atoms with Crippen molar-refractivity contribution in [2.75, 3.05) is 13.7 Å². The molecule has 0 fully saturated rings. The van der Waals surface area contributed by atoms with Gasteiger partial charge in [-0.15, -0.1) is 6.58 Å². The Morgan fingerprint density at radius 3 is 2.90 bits per heavy atom. The molecule has 60 valence electrons. The van der Waals surface area contributed by atoms with E-state index < -0.39 is 0 Å². The fourth-order valence-corrected chi connectivity index (χ4v) is 0.822. The van der Waals surface area contributed by atoms with Gasteiger partial charge in [0.15, 0.2) is 0 Å². The van der Waals surface area contributed by atoms with Gasteiger partial charge in [-0.1, -0.05) is 6.08 Å². The first-order valence-electron chi connectivity index (χ1n) is 3.66. The minimum atomic E-state index is 0.271. The van der Waals surface area contributed by atoms with Gasteiger partial charge >= 0.3 is 0 Å². The molecule has 10 heavy (non-hydrogen) atoms. The summed E-state index contributed by atoms with van der Waals surface area (Å²) in [5, 5.41) is 0. The van der Waals surface area contributed by atoms with Crippen LogP contribution >= 0.6 is 0 Å². The Hall–Kier alpha value is -0.340. The van der Waals surface area contributed by atoms with E-state index in [0.717, 1.165) is 25.9 Å². The molecular weight excluding hydrogens is 126 g/mol. The summed E-state index contributed by atoms with van der Waals surface area (Å²) in [6.45, 7) is 4.43. The van der Waals surface area contributed by atoms with Crippen LogP contribution in [-0.2, 0) is 4.74 Å². The maximum atomic E-state index is 5.70. The van der Waals surface area contributed by atoms with E-state index in [1.807, 2.05) is 6.08 Å². The van der Waals surface area contributed by atoms with Crippen LogP contribution in [0.3, 0.4) is 0 Å². The predicted octanol–water partition coefficient (Wildman–Crippen LogP) is 1.32. The van der Waals surface area contributed by atoms with E-state index in [2.05, 4.69) is 6.58 Å². The van der Waals surface area contributed by atoms with E-state index in [9.17, 15) is 0 Å². The topological polar surface area (TPSA) is 35.2 Å². The van der Waals surface area contributed by atoms with E-state index in [1.165, 1.54) is 0 Å². The van der Waals surface area contributed by atoms with E-state index >= 15 is 0 Å². The summed E-state index contributed by atoms with van der Waals surface area (Å²) in [6.07, 6.45) is 4.84. The lowest BCUT2D eigenvalue weighted by Crippen LogP contribution is -2.19. The van der Waals surface area contributed by atoms with Crippen molar-refractivity contribution in [3.63, 3.8) is 0 Å². The van der Waals surface area contributed by atoms with E-state index in [4.69, 9.17) is 10.5 Å². The number of methoxy groups -OCH3 is 1. The van der Waals surface area contributed by atoms with Crippen LogP contribution in [0.2, 0.25) is 0 Å². The molecule has 0 rings (SSSR count). The molecule has 0 heterocycles. The number of nitrogens with two attached hydrogens (primary N) is 1. The fourth-order valence-electron chi connectivity index (χ4n) is 0.822. The van der Waals surface area contributed by atoms with Gasteiger partial charge < -0.3 is 10.5 Å². The molecule has 0 aromatic heterocycles. The molecule has 2 nitrogen and oxygen atoms in total. The van der Waals surface area contributed by atoms with Crippen LogP contribution in [-0.4, -0.2) is 19.8 Å². The molecule has 0 amide bonds. The third-order valence-electron chi connectivity index (χ3n) is 1.39. The Kier molecular flexibility index (Phi) is 6.55. The number of ether oxygens (including phenoxy) is 1. The first-order chi connectivity index (χ1) is 4.81. The second-order valence-corrected chi connectivity index (χ2v) is 2.42. The largest absolute Gasteiger partial charge is 0.385 e. The first kappa shape index (κ1) is 9.66. The number of hydrogen-bond donors (Lipinski definition) is 1. The summed E-state index contributed by atoms with van der Waals surface area (Å²) in [7, 11) is 1.71. The molecule has 0 aromatic carbocycles. The van der Waals surface area contributed by atoms with Crippen LogP contribution in [0.5, 0.6) is 0 Å². The predicted molar refractivity (Wildman–Crippen MR) is 43.9 cm³/mol. The van der Waals surface area contributed by atoms with Gasteiger partial charge in [-0.25, -0.2) is 0 Å². The van der Waals surface area contributed by atoms with Crippen molar-refractivity contribution in [2.45, 2.75) is 25.3 Å². The zero-order chi connectivity index (χ0) is 7.82. The van der Waals surface area contributed by atoms with Gasteiger partial charge in [0.05, 0.1) is 0 Å². The highest BCUT2D eigenvalue weighted by Gasteiger charge is 1.97. The molecule has 2 heteroatoms. The summed E-state index contributed by atoms with van der Waals surface area (Å²) < 4.78 is 4.89. The van der Waals surface area contributed by atoms with Gasteiger partial charge in [0.25, 0.3) is 0 Å². The Morgan fingerprint density at radius 1 is 1.70 bits per heavy atom. The summed E-state index contributed by atoms with van der Waals surface area (Å²) in [5.41, 5.74) is 5.70. The van der Waals surface area contributed by atoms with Gasteiger partial charge in [0.2, 0.25) is 0 Å². The maximum Gasteiger partial charge on any atom is 0.0462 e. The minimum absolute atomic E-state index is 0.271. The highest BCUT2D eigenvalue weighted by Crippen LogP contribution is 1.98. The average molecular weight is 143 g/mol. The van der Waals surface area contributed by atoms with Gasteiger partial charge in [-0.05, 0) is 19.3 Å². The second-order valence-electron chi connectivity index (χ2n) is 2.42. The average Bonchev–Trinajstić information content (AvgIpc) is 1.89. The highest BCUT2D eigenvalue weighted by molar-refractivity contribution is 4.74. The van der Waals surface area contributed by atoms with Gasteiger partial charge in [-0.3, -0.25) is 0 Å². The normalized spacial score (nSPS) is 13.0. The van der Waals surface area contributed by atoms with Crippen LogP contribution in [0.4, 0.5) is 0 Å². The lowest BCUT2D eigenvalue weighted by molar-refractivity contribution is 0.190. The zero-order valence-electron chi connectivity index (χ0n) is 6.68. The smallest absolute Gasteiger partial charge is 0.0462 e. The molecule has 0 radical (unpaired) electrons. The van der Waals surface area contributed by atoms with Crippen LogP contribution in [0.1, 0.15) is 19.3 Å². The molecule has 0 bridgehead atoms. The fraction of sp³-hybridized carbons (Fsp3) is 0.750. The standard InChI is InChI=1S/C8H17NO/c1-3-5-8(9)6-4-7-10-2/h3,8H,1,4-7,9H2,2H3. The SMILES string of the molecule is C=CCC(N)CCCOC. The monoisotopic (exact) mass is 143 g/mol. The minimum Gasteiger partial charge on any atom is -0.385 e. The van der Waals surface area contributed by atoms with Crippen molar-refractivity contribution in [1.82, 2.24) is 0 Å². The van der Waals surface area contributed by atoms with E-state index in [0.29, 0.717) is 0 Å². The van der Waals surface area contributed by atoms with Crippen molar-refractivity contribution < 1.29 is 4.74 Å². The summed E-state index contributed by atoms with van der Waals surface area (Å²) in [4.78, 5) is 0. The Labute approximate surface area is 63.1 Å². The molecule has 0 aliphatic carbocycles. The molecule has 2 N–H and O–H groups in total. The lowest BCUT2D eigenvalue weighted by atomic mass is 10.1. The lowest BCUT2D eigenvalue weighted by Gasteiger charge is -2.06. The summed E-state index contributed by atoms with van der Waals surface area (Å²) >= 11 is 0. The Balaban J connectivity index is 3.04. The van der Waals surface area contributed by atoms with Crippen molar-refractivity contribution in [3.8, 4) is 0 Å². The third-order valence-corrected chi connectivity index (χ3v) is 1.39. The molecule has 1 unspecified atom stereocenters. The Morgan fingerprint density at radius 2 is 2.40 bits per heavy atom. The third kappa shape index (κ3) is 5.79. The summed E-state index contributed by atoms with van der Waals surface area (Å²) in [6, 6.07) is 0.271. The van der Waals surface area contributed by atoms with Gasteiger partial charge in [0.1, 0.15) is 0 Å². The molecular formula is C8H17NO. The molecule has 0 aliphatic rings. The Bertz CT molecular complexity index is 83.3. The molecule has 0 saturated heterocycles. The van der Waals surface area contributed by atoms with Crippen molar-refractivity contribution in [1.29, 1.82) is 0 Å². The van der Waals surface area contributed by atoms with Crippen LogP contribution in [0.15, 0.2) is 12.7 Å². The highest BCUT2D eigenvalue weighted by atomic mass is 16.5. The number of rotatable bonds is 6. The first-order valence-corrected chi connectivity index (χ1v) is 3.66. The van der Waals surface area contributed by atoms with Crippen LogP contribution in [0.25, 0.3) is 0 Å².